The van der Waals surface area contributed by atoms with Crippen molar-refractivity contribution in [2.75, 3.05) is 26.7 Å². The van der Waals surface area contributed by atoms with Crippen LogP contribution in [0.4, 0.5) is 0 Å². The fourth-order valence-corrected chi connectivity index (χ4v) is 8.85. The van der Waals surface area contributed by atoms with Gasteiger partial charge in [-0.1, -0.05) is 72.1 Å². The summed E-state index contributed by atoms with van der Waals surface area (Å²) in [7, 11) is 1.70. The number of likely N-dealkylation sites (N-methyl/N-ethyl adjacent to an activating group) is 1. The second-order valence-corrected chi connectivity index (χ2v) is 17.1. The van der Waals surface area contributed by atoms with Crippen LogP contribution in [-0.4, -0.2) is 91.3 Å². The quantitative estimate of drug-likeness (QED) is 0.160. The van der Waals surface area contributed by atoms with Crippen molar-refractivity contribution in [1.82, 2.24) is 31.5 Å². The highest BCUT2D eigenvalue weighted by Crippen LogP contribution is 2.32. The number of rotatable bonds is 14. The van der Waals surface area contributed by atoms with E-state index in [1.54, 1.807) is 18.9 Å². The Morgan fingerprint density at radius 2 is 1.22 bits per heavy atom. The van der Waals surface area contributed by atoms with Crippen molar-refractivity contribution in [3.63, 3.8) is 0 Å². The average Bonchev–Trinajstić information content (AvgIpc) is 3.64. The third-order valence-electron chi connectivity index (χ3n) is 12.3. The van der Waals surface area contributed by atoms with E-state index in [2.05, 4.69) is 26.6 Å². The first-order valence-corrected chi connectivity index (χ1v) is 20.2. The van der Waals surface area contributed by atoms with Gasteiger partial charge in [0.25, 0.3) is 0 Å². The molecule has 0 aromatic carbocycles. The Bertz CT molecular complexity index is 1180. The zero-order valence-corrected chi connectivity index (χ0v) is 32.2. The van der Waals surface area contributed by atoms with Crippen molar-refractivity contribution in [3.8, 4) is 0 Å². The van der Waals surface area contributed by atoms with Crippen LogP contribution >= 0.6 is 0 Å². The number of carbonyl (C=O) groups excluding carboxylic acids is 5. The molecule has 0 radical (unpaired) electrons. The van der Waals surface area contributed by atoms with E-state index >= 15 is 0 Å². The van der Waals surface area contributed by atoms with E-state index in [9.17, 15) is 24.0 Å². The van der Waals surface area contributed by atoms with Crippen LogP contribution in [0.15, 0.2) is 0 Å². The van der Waals surface area contributed by atoms with Crippen LogP contribution in [0.25, 0.3) is 0 Å². The summed E-state index contributed by atoms with van der Waals surface area (Å²) in [5.41, 5.74) is 5.92. The molecular formula is C39H69N7O5. The van der Waals surface area contributed by atoms with E-state index in [1.165, 1.54) is 19.3 Å². The molecule has 5 unspecified atom stereocenters. The molecule has 5 amide bonds. The third-order valence-corrected chi connectivity index (χ3v) is 12.3. The Morgan fingerprint density at radius 1 is 0.686 bits per heavy atom. The zero-order valence-electron chi connectivity index (χ0n) is 32.2. The number of nitrogens with two attached hydrogens (primary N) is 1. The molecule has 12 heteroatoms. The van der Waals surface area contributed by atoms with Crippen LogP contribution in [-0.2, 0) is 24.0 Å². The predicted molar refractivity (Wildman–Crippen MR) is 199 cm³/mol. The minimum absolute atomic E-state index is 0.0591. The monoisotopic (exact) mass is 716 g/mol. The first-order chi connectivity index (χ1) is 24.3. The van der Waals surface area contributed by atoms with Crippen molar-refractivity contribution in [1.29, 1.82) is 0 Å². The maximum absolute atomic E-state index is 14.0. The molecule has 290 valence electrons. The van der Waals surface area contributed by atoms with Gasteiger partial charge in [0.05, 0.1) is 6.04 Å². The molecule has 4 rings (SSSR count). The molecule has 1 heterocycles. The molecule has 7 atom stereocenters. The van der Waals surface area contributed by atoms with Gasteiger partial charge in [0.2, 0.25) is 29.5 Å². The molecule has 0 aromatic heterocycles. The summed E-state index contributed by atoms with van der Waals surface area (Å²) in [5, 5.41) is 15.4. The lowest BCUT2D eigenvalue weighted by atomic mass is 9.77. The highest BCUT2D eigenvalue weighted by Gasteiger charge is 2.43. The topological polar surface area (TPSA) is 175 Å². The summed E-state index contributed by atoms with van der Waals surface area (Å²) in [6.07, 6.45) is 15.5. The fraction of sp³-hybridized carbons (Fsp3) is 0.872. The van der Waals surface area contributed by atoms with Crippen molar-refractivity contribution in [2.45, 2.75) is 161 Å². The van der Waals surface area contributed by atoms with Crippen molar-refractivity contribution < 1.29 is 24.0 Å². The number of nitrogens with one attached hydrogen (secondary N) is 5. The minimum Gasteiger partial charge on any atom is -0.354 e. The molecule has 0 spiro atoms. The minimum atomic E-state index is -0.786. The highest BCUT2D eigenvalue weighted by molar-refractivity contribution is 5.94. The van der Waals surface area contributed by atoms with Gasteiger partial charge in [-0.3, -0.25) is 24.0 Å². The predicted octanol–water partition coefficient (Wildman–Crippen LogP) is 3.13. The lowest BCUT2D eigenvalue weighted by Gasteiger charge is -2.37. The summed E-state index contributed by atoms with van der Waals surface area (Å²) in [4.78, 5) is 69.7. The number of carbonyl (C=O) groups is 5. The van der Waals surface area contributed by atoms with Gasteiger partial charge in [0, 0.05) is 43.6 Å². The van der Waals surface area contributed by atoms with Crippen molar-refractivity contribution in [3.05, 3.63) is 0 Å². The van der Waals surface area contributed by atoms with Gasteiger partial charge in [-0.2, -0.15) is 0 Å². The summed E-state index contributed by atoms with van der Waals surface area (Å²) in [5.74, 6) is -1.06. The summed E-state index contributed by atoms with van der Waals surface area (Å²) in [6, 6.07) is -2.23. The van der Waals surface area contributed by atoms with Crippen LogP contribution < -0.4 is 32.3 Å². The molecule has 3 saturated carbocycles. The zero-order chi connectivity index (χ0) is 37.1. The van der Waals surface area contributed by atoms with Gasteiger partial charge in [-0.15, -0.1) is 0 Å². The van der Waals surface area contributed by atoms with Crippen molar-refractivity contribution >= 4 is 29.5 Å². The molecule has 51 heavy (non-hydrogen) atoms. The standard InChI is InChI=1S/C39H69N7O5/c1-25(41-5)34(47)45-33(39(2,3)4)38(51)46-22-14-21-32(46)37(50)44-31(27-17-10-7-11-18-27)24-43-36(49)29-20-13-12-19-28(29)35(48)42-23-30(40)26-15-8-6-9-16-26/h25-33,41H,6-24,40H2,1-5H3,(H,42,48)(H,43,49)(H,44,50)(H,45,47)/t25?,28?,29?,30?,31-,32?,33-/m1/s1. The summed E-state index contributed by atoms with van der Waals surface area (Å²) >= 11 is 0. The summed E-state index contributed by atoms with van der Waals surface area (Å²) in [6.45, 7) is 8.67. The van der Waals surface area contributed by atoms with E-state index in [0.29, 0.717) is 44.7 Å². The SMILES string of the molecule is CNC(C)C(=O)N[C@H](C(=O)N1CCCC1C(=O)N[C@H](CNC(=O)C1CCCCC1C(=O)NCC(N)C1CCCCC1)C1CCCCC1)C(C)(C)C. The second-order valence-electron chi connectivity index (χ2n) is 17.1. The smallest absolute Gasteiger partial charge is 0.246 e. The summed E-state index contributed by atoms with van der Waals surface area (Å²) < 4.78 is 0. The third kappa shape index (κ3) is 11.4. The van der Waals surface area contributed by atoms with Crippen LogP contribution in [0.2, 0.25) is 0 Å². The number of likely N-dealkylation sites (tertiary alicyclic amines) is 1. The number of hydrogen-bond donors (Lipinski definition) is 6. The Morgan fingerprint density at radius 3 is 1.76 bits per heavy atom. The lowest BCUT2D eigenvalue weighted by molar-refractivity contribution is -0.144. The van der Waals surface area contributed by atoms with Crippen LogP contribution in [0, 0.1) is 29.1 Å². The normalized spacial score (nSPS) is 26.0. The van der Waals surface area contributed by atoms with E-state index in [-0.39, 0.29) is 60.0 Å². The average molecular weight is 716 g/mol. The molecular weight excluding hydrogens is 646 g/mol. The first-order valence-electron chi connectivity index (χ1n) is 20.2. The van der Waals surface area contributed by atoms with Crippen LogP contribution in [0.1, 0.15) is 130 Å². The lowest BCUT2D eigenvalue weighted by Crippen LogP contribution is -2.60. The van der Waals surface area contributed by atoms with Gasteiger partial charge in [-0.05, 0) is 82.6 Å². The Balaban J connectivity index is 1.39. The molecule has 1 aliphatic heterocycles. The molecule has 1 saturated heterocycles. The number of hydrogen-bond acceptors (Lipinski definition) is 7. The van der Waals surface area contributed by atoms with E-state index < -0.39 is 29.5 Å². The van der Waals surface area contributed by atoms with Gasteiger partial charge >= 0.3 is 0 Å². The highest BCUT2D eigenvalue weighted by atomic mass is 16.2. The molecule has 0 bridgehead atoms. The van der Waals surface area contributed by atoms with Crippen molar-refractivity contribution in [2.24, 2.45) is 34.8 Å². The number of amides is 5. The van der Waals surface area contributed by atoms with Gasteiger partial charge in [0.15, 0.2) is 0 Å². The van der Waals surface area contributed by atoms with Gasteiger partial charge in [-0.25, -0.2) is 0 Å². The maximum atomic E-state index is 14.0. The fourth-order valence-electron chi connectivity index (χ4n) is 8.85. The Labute approximate surface area is 306 Å². The molecule has 7 N–H and O–H groups in total. The molecule has 3 aliphatic carbocycles. The second kappa shape index (κ2) is 19.4. The van der Waals surface area contributed by atoms with Crippen LogP contribution in [0.5, 0.6) is 0 Å². The largest absolute Gasteiger partial charge is 0.354 e. The Hall–Kier alpha value is -2.73. The first kappa shape index (κ1) is 41.0. The van der Waals surface area contributed by atoms with E-state index in [4.69, 9.17) is 5.73 Å². The maximum Gasteiger partial charge on any atom is 0.246 e. The van der Waals surface area contributed by atoms with E-state index in [0.717, 1.165) is 57.8 Å². The molecule has 4 aliphatic rings. The Kier molecular flexibility index (Phi) is 15.6. The van der Waals surface area contributed by atoms with E-state index in [1.807, 2.05) is 20.8 Å². The molecule has 0 aromatic rings. The number of nitrogens with zero attached hydrogens (tertiary/aromatic N) is 1. The molecule has 12 nitrogen and oxygen atoms in total. The molecule has 4 fully saturated rings. The van der Waals surface area contributed by atoms with Gasteiger partial charge in [0.1, 0.15) is 12.1 Å². The van der Waals surface area contributed by atoms with Gasteiger partial charge < -0.3 is 37.2 Å². The van der Waals surface area contributed by atoms with Crippen LogP contribution in [0.3, 0.4) is 0 Å².